The van der Waals surface area contributed by atoms with Gasteiger partial charge in [0.1, 0.15) is 0 Å². The van der Waals surface area contributed by atoms with Gasteiger partial charge >= 0.3 is 0 Å². The molecule has 0 radical (unpaired) electrons. The number of hydrogen-bond donors (Lipinski definition) is 1. The highest BCUT2D eigenvalue weighted by Gasteiger charge is 2.27. The Balaban J connectivity index is 1.43. The summed E-state index contributed by atoms with van der Waals surface area (Å²) in [5.74, 6) is 0.837. The third kappa shape index (κ3) is 4.78. The normalized spacial score (nSPS) is 27.0. The van der Waals surface area contributed by atoms with Crippen molar-refractivity contribution in [2.45, 2.75) is 44.7 Å². The third-order valence-electron chi connectivity index (χ3n) is 5.20. The Morgan fingerprint density at radius 3 is 3.00 bits per heavy atom. The molecule has 0 saturated carbocycles. The first kappa shape index (κ1) is 16.9. The molecule has 0 aliphatic carbocycles. The molecule has 3 heterocycles. The minimum absolute atomic E-state index is 0.0922. The molecule has 3 rings (SSSR count). The van der Waals surface area contributed by atoms with Crippen molar-refractivity contribution in [1.29, 1.82) is 0 Å². The number of carbonyl (C=O) groups excluding carboxylic acids is 1. The van der Waals surface area contributed by atoms with E-state index in [1.54, 1.807) is 0 Å². The van der Waals surface area contributed by atoms with Gasteiger partial charge in [-0.25, -0.2) is 0 Å². The van der Waals surface area contributed by atoms with E-state index >= 15 is 0 Å². The second-order valence-electron chi connectivity index (χ2n) is 7.06. The smallest absolute Gasteiger partial charge is 0.237 e. The van der Waals surface area contributed by atoms with Gasteiger partial charge in [-0.2, -0.15) is 0 Å². The van der Waals surface area contributed by atoms with Crippen molar-refractivity contribution < 1.29 is 4.79 Å². The fraction of sp³-hybridized carbons (Fsp3) is 0.722. The third-order valence-corrected chi connectivity index (χ3v) is 6.06. The number of nitrogens with one attached hydrogen (secondary N) is 1. The second-order valence-corrected chi connectivity index (χ2v) is 8.09. The van der Waals surface area contributed by atoms with E-state index in [-0.39, 0.29) is 11.9 Å². The van der Waals surface area contributed by atoms with E-state index in [1.807, 2.05) is 11.3 Å². The van der Waals surface area contributed by atoms with Gasteiger partial charge in [0.25, 0.3) is 0 Å². The summed E-state index contributed by atoms with van der Waals surface area (Å²) in [7, 11) is 2.08. The first-order valence-corrected chi connectivity index (χ1v) is 9.83. The van der Waals surface area contributed by atoms with Crippen molar-refractivity contribution in [3.05, 3.63) is 22.4 Å². The summed E-state index contributed by atoms with van der Waals surface area (Å²) >= 11 is 1.84. The number of hydrogen-bond acceptors (Lipinski definition) is 4. The van der Waals surface area contributed by atoms with Crippen molar-refractivity contribution in [3.63, 3.8) is 0 Å². The van der Waals surface area contributed by atoms with Crippen molar-refractivity contribution >= 4 is 17.2 Å². The van der Waals surface area contributed by atoms with Crippen LogP contribution < -0.4 is 5.32 Å². The summed E-state index contributed by atoms with van der Waals surface area (Å²) in [4.78, 5) is 18.6. The molecule has 1 aromatic rings. The van der Waals surface area contributed by atoms with Crippen molar-refractivity contribution in [3.8, 4) is 0 Å². The molecule has 1 N–H and O–H groups in total. The highest BCUT2D eigenvalue weighted by molar-refractivity contribution is 7.09. The highest BCUT2D eigenvalue weighted by atomic mass is 32.1. The summed E-state index contributed by atoms with van der Waals surface area (Å²) in [6.07, 6.45) is 5.90. The molecule has 1 aromatic heterocycles. The first-order chi connectivity index (χ1) is 11.2. The molecular weight excluding hydrogens is 306 g/mol. The van der Waals surface area contributed by atoms with Crippen molar-refractivity contribution in [1.82, 2.24) is 15.1 Å². The molecule has 2 atom stereocenters. The van der Waals surface area contributed by atoms with Crippen LogP contribution in [0, 0.1) is 5.92 Å². The molecule has 2 saturated heterocycles. The number of carbonyl (C=O) groups is 1. The Morgan fingerprint density at radius 1 is 1.30 bits per heavy atom. The quantitative estimate of drug-likeness (QED) is 0.898. The molecule has 0 aromatic carbocycles. The Hall–Kier alpha value is -0.910. The topological polar surface area (TPSA) is 35.6 Å². The van der Waals surface area contributed by atoms with Crippen LogP contribution in [0.5, 0.6) is 0 Å². The summed E-state index contributed by atoms with van der Waals surface area (Å²) < 4.78 is 0. The molecule has 4 nitrogen and oxygen atoms in total. The lowest BCUT2D eigenvalue weighted by Crippen LogP contribution is -2.49. The zero-order valence-electron chi connectivity index (χ0n) is 14.2. The van der Waals surface area contributed by atoms with Crippen LogP contribution in [0.2, 0.25) is 0 Å². The molecule has 2 aliphatic heterocycles. The van der Waals surface area contributed by atoms with Gasteiger partial charge in [-0.1, -0.05) is 12.5 Å². The summed E-state index contributed by atoms with van der Waals surface area (Å²) in [6.45, 7) is 5.25. The lowest BCUT2D eigenvalue weighted by molar-refractivity contribution is -0.127. The van der Waals surface area contributed by atoms with Crippen LogP contribution in [-0.4, -0.2) is 55.0 Å². The van der Waals surface area contributed by atoms with Crippen LogP contribution in [0.15, 0.2) is 17.5 Å². The molecular formula is C18H29N3OS. The van der Waals surface area contributed by atoms with Gasteiger partial charge in [0.2, 0.25) is 5.91 Å². The van der Waals surface area contributed by atoms with Gasteiger partial charge in [0.05, 0.1) is 6.04 Å². The van der Waals surface area contributed by atoms with E-state index in [9.17, 15) is 4.79 Å². The Kier molecular flexibility index (Phi) is 6.08. The minimum atomic E-state index is 0.0922. The second kappa shape index (κ2) is 8.27. The van der Waals surface area contributed by atoms with Gasteiger partial charge in [0, 0.05) is 24.5 Å². The maximum atomic E-state index is 12.4. The van der Waals surface area contributed by atoms with E-state index < -0.39 is 0 Å². The largest absolute Gasteiger partial charge is 0.354 e. The number of nitrogens with zero attached hydrogens (tertiary/aromatic N) is 2. The van der Waals surface area contributed by atoms with Crippen LogP contribution >= 0.6 is 11.3 Å². The van der Waals surface area contributed by atoms with Crippen molar-refractivity contribution in [2.24, 2.45) is 5.92 Å². The Morgan fingerprint density at radius 2 is 2.22 bits per heavy atom. The van der Waals surface area contributed by atoms with Gasteiger partial charge < -0.3 is 5.32 Å². The van der Waals surface area contributed by atoms with E-state index in [1.165, 1.54) is 37.1 Å². The average Bonchev–Trinajstić information content (AvgIpc) is 3.06. The molecule has 2 fully saturated rings. The minimum Gasteiger partial charge on any atom is -0.354 e. The first-order valence-electron chi connectivity index (χ1n) is 8.95. The summed E-state index contributed by atoms with van der Waals surface area (Å²) in [5.41, 5.74) is 0. The lowest BCUT2D eigenvalue weighted by atomic mass is 9.97. The SMILES string of the molecule is CN1CCCC[C@@H]1C(=O)NC[C@H]1CCCN(Cc2cccs2)C1. The predicted molar refractivity (Wildman–Crippen MR) is 95.6 cm³/mol. The molecule has 23 heavy (non-hydrogen) atoms. The molecule has 5 heteroatoms. The van der Waals surface area contributed by atoms with E-state index in [0.29, 0.717) is 5.92 Å². The predicted octanol–water partition coefficient (Wildman–Crippen LogP) is 2.56. The van der Waals surface area contributed by atoms with Crippen molar-refractivity contribution in [2.75, 3.05) is 33.2 Å². The van der Waals surface area contributed by atoms with Gasteiger partial charge in [-0.3, -0.25) is 14.6 Å². The van der Waals surface area contributed by atoms with Gasteiger partial charge in [0.15, 0.2) is 0 Å². The van der Waals surface area contributed by atoms with E-state index in [0.717, 1.165) is 32.6 Å². The number of thiophene rings is 1. The molecule has 2 aliphatic rings. The van der Waals surface area contributed by atoms with Crippen LogP contribution in [0.25, 0.3) is 0 Å². The lowest BCUT2D eigenvalue weighted by Gasteiger charge is -2.34. The van der Waals surface area contributed by atoms with Crippen LogP contribution in [0.1, 0.15) is 37.0 Å². The summed E-state index contributed by atoms with van der Waals surface area (Å²) in [6, 6.07) is 4.44. The molecule has 0 unspecified atom stereocenters. The zero-order valence-corrected chi connectivity index (χ0v) is 15.0. The van der Waals surface area contributed by atoms with Crippen LogP contribution in [-0.2, 0) is 11.3 Å². The molecule has 128 valence electrons. The molecule has 0 bridgehead atoms. The van der Waals surface area contributed by atoms with Crippen LogP contribution in [0.4, 0.5) is 0 Å². The number of likely N-dealkylation sites (tertiary alicyclic amines) is 2. The number of rotatable bonds is 5. The standard InChI is InChI=1S/C18H29N3OS/c1-20-9-3-2-8-17(20)18(22)19-12-15-6-4-10-21(13-15)14-16-7-5-11-23-16/h5,7,11,15,17H,2-4,6,8-10,12-14H2,1H3,(H,19,22)/t15-,17-/m1/s1. The van der Waals surface area contributed by atoms with Gasteiger partial charge in [-0.05, 0) is 63.2 Å². The zero-order chi connectivity index (χ0) is 16.1. The maximum Gasteiger partial charge on any atom is 0.237 e. The number of piperidine rings is 2. The number of likely N-dealkylation sites (N-methyl/N-ethyl adjacent to an activating group) is 1. The van der Waals surface area contributed by atoms with E-state index in [4.69, 9.17) is 0 Å². The fourth-order valence-electron chi connectivity index (χ4n) is 3.85. The summed E-state index contributed by atoms with van der Waals surface area (Å²) in [5, 5.41) is 5.38. The van der Waals surface area contributed by atoms with E-state index in [2.05, 4.69) is 39.7 Å². The average molecular weight is 336 g/mol. The molecule has 0 spiro atoms. The monoisotopic (exact) mass is 335 g/mol. The fourth-order valence-corrected chi connectivity index (χ4v) is 4.60. The van der Waals surface area contributed by atoms with Crippen LogP contribution in [0.3, 0.4) is 0 Å². The molecule has 1 amide bonds. The van der Waals surface area contributed by atoms with Gasteiger partial charge in [-0.15, -0.1) is 11.3 Å². The maximum absolute atomic E-state index is 12.4. The highest BCUT2D eigenvalue weighted by Crippen LogP contribution is 2.20. The number of amides is 1. The Labute approximate surface area is 143 Å². The Bertz CT molecular complexity index is 490.